The highest BCUT2D eigenvalue weighted by molar-refractivity contribution is 5.85. The van der Waals surface area contributed by atoms with Crippen molar-refractivity contribution in [2.75, 3.05) is 40.4 Å². The average Bonchev–Trinajstić information content (AvgIpc) is 2.69. The number of fused-ring (bicyclic) bond motifs is 3. The van der Waals surface area contributed by atoms with Gasteiger partial charge in [0.05, 0.1) is 26.8 Å². The van der Waals surface area contributed by atoms with E-state index in [1.807, 2.05) is 0 Å². The molecule has 6 heteroatoms. The van der Waals surface area contributed by atoms with Crippen LogP contribution in [0.15, 0.2) is 12.1 Å². The Bertz CT molecular complexity index is 653. The van der Waals surface area contributed by atoms with Crippen molar-refractivity contribution in [1.29, 1.82) is 0 Å². The van der Waals surface area contributed by atoms with Gasteiger partial charge in [0.15, 0.2) is 11.5 Å². The number of methoxy groups -OCH3 is 2. The first-order chi connectivity index (χ1) is 13.2. The van der Waals surface area contributed by atoms with E-state index in [1.54, 1.807) is 14.2 Å². The molecular weight excluding hydrogens is 376 g/mol. The number of unbranched alkanes of at least 4 members (excludes halogenated alkanes) is 5. The third kappa shape index (κ3) is 5.12. The number of carbonyl (C=O) groups excluding carboxylic acids is 1. The average molecular weight is 411 g/mol. The highest BCUT2D eigenvalue weighted by atomic mass is 35.5. The molecule has 0 saturated carbocycles. The second-order valence-corrected chi connectivity index (χ2v) is 7.76. The highest BCUT2D eigenvalue weighted by Gasteiger charge is 2.37. The van der Waals surface area contributed by atoms with E-state index in [0.29, 0.717) is 6.54 Å². The van der Waals surface area contributed by atoms with Crippen LogP contribution in [-0.4, -0.2) is 56.1 Å². The largest absolute Gasteiger partial charge is 0.493 e. The first kappa shape index (κ1) is 22.8. The van der Waals surface area contributed by atoms with Gasteiger partial charge in [0.2, 0.25) is 5.91 Å². The Morgan fingerprint density at radius 3 is 2.43 bits per heavy atom. The fourth-order valence-corrected chi connectivity index (χ4v) is 4.40. The fourth-order valence-electron chi connectivity index (χ4n) is 4.40. The van der Waals surface area contributed by atoms with Crippen molar-refractivity contribution in [1.82, 2.24) is 9.80 Å². The number of carbonyl (C=O) groups is 1. The molecule has 1 saturated heterocycles. The van der Waals surface area contributed by atoms with Gasteiger partial charge in [-0.2, -0.15) is 0 Å². The molecule has 1 amide bonds. The van der Waals surface area contributed by atoms with Crippen LogP contribution in [0.5, 0.6) is 11.5 Å². The Balaban J connectivity index is 0.00000280. The molecule has 0 radical (unpaired) electrons. The Morgan fingerprint density at radius 2 is 1.71 bits per heavy atom. The third-order valence-electron chi connectivity index (χ3n) is 5.94. The van der Waals surface area contributed by atoms with E-state index in [9.17, 15) is 4.79 Å². The van der Waals surface area contributed by atoms with E-state index in [1.165, 1.54) is 49.7 Å². The lowest BCUT2D eigenvalue weighted by atomic mass is 9.90. The van der Waals surface area contributed by atoms with Crippen LogP contribution in [0.4, 0.5) is 0 Å². The summed E-state index contributed by atoms with van der Waals surface area (Å²) in [6.45, 7) is 5.55. The number of amides is 1. The zero-order valence-electron chi connectivity index (χ0n) is 17.5. The summed E-state index contributed by atoms with van der Waals surface area (Å²) in [5.74, 6) is 1.78. The second-order valence-electron chi connectivity index (χ2n) is 7.76. The maximum atomic E-state index is 12.7. The van der Waals surface area contributed by atoms with Gasteiger partial charge < -0.3 is 14.4 Å². The van der Waals surface area contributed by atoms with Crippen molar-refractivity contribution in [2.45, 2.75) is 57.9 Å². The van der Waals surface area contributed by atoms with Gasteiger partial charge in [-0.05, 0) is 42.6 Å². The van der Waals surface area contributed by atoms with Gasteiger partial charge >= 0.3 is 0 Å². The van der Waals surface area contributed by atoms with Gasteiger partial charge in [-0.1, -0.05) is 39.0 Å². The SMILES string of the molecule is CCCCCCCCN1CC(=O)N2CCc3cc(OC)c(OC)cc3C2C1.Cl. The summed E-state index contributed by atoms with van der Waals surface area (Å²) in [5, 5.41) is 0. The summed E-state index contributed by atoms with van der Waals surface area (Å²) in [6, 6.07) is 4.30. The Hall–Kier alpha value is -1.46. The van der Waals surface area contributed by atoms with Gasteiger partial charge in [-0.3, -0.25) is 9.69 Å². The number of halogens is 1. The molecule has 1 fully saturated rings. The Morgan fingerprint density at radius 1 is 1.04 bits per heavy atom. The molecule has 2 aliphatic heterocycles. The van der Waals surface area contributed by atoms with E-state index in [2.05, 4.69) is 28.9 Å². The molecular formula is C22H35ClN2O3. The van der Waals surface area contributed by atoms with Crippen LogP contribution < -0.4 is 9.47 Å². The molecule has 2 heterocycles. The molecule has 1 atom stereocenters. The maximum Gasteiger partial charge on any atom is 0.237 e. The van der Waals surface area contributed by atoms with Crippen molar-refractivity contribution >= 4 is 18.3 Å². The van der Waals surface area contributed by atoms with Crippen LogP contribution in [0.25, 0.3) is 0 Å². The number of piperazine rings is 1. The minimum absolute atomic E-state index is 0. The van der Waals surface area contributed by atoms with Crippen LogP contribution in [0.1, 0.15) is 62.6 Å². The summed E-state index contributed by atoms with van der Waals surface area (Å²) < 4.78 is 11.0. The van der Waals surface area contributed by atoms with Crippen molar-refractivity contribution in [3.05, 3.63) is 23.3 Å². The highest BCUT2D eigenvalue weighted by Crippen LogP contribution is 2.39. The summed E-state index contributed by atoms with van der Waals surface area (Å²) >= 11 is 0. The van der Waals surface area contributed by atoms with Gasteiger partial charge in [0.1, 0.15) is 0 Å². The summed E-state index contributed by atoms with van der Waals surface area (Å²) in [5.41, 5.74) is 2.50. The molecule has 158 valence electrons. The molecule has 0 aliphatic carbocycles. The van der Waals surface area contributed by atoms with E-state index >= 15 is 0 Å². The Kier molecular flexibility index (Phi) is 8.90. The van der Waals surface area contributed by atoms with Crippen LogP contribution in [-0.2, 0) is 11.2 Å². The minimum Gasteiger partial charge on any atom is -0.493 e. The first-order valence-corrected chi connectivity index (χ1v) is 10.4. The van der Waals surface area contributed by atoms with Crippen LogP contribution in [0.3, 0.4) is 0 Å². The summed E-state index contributed by atoms with van der Waals surface area (Å²) in [6.07, 6.45) is 8.59. The van der Waals surface area contributed by atoms with Gasteiger partial charge in [0.25, 0.3) is 0 Å². The van der Waals surface area contributed by atoms with Gasteiger partial charge in [-0.15, -0.1) is 12.4 Å². The number of rotatable bonds is 9. The predicted molar refractivity (Wildman–Crippen MR) is 115 cm³/mol. The number of ether oxygens (including phenoxy) is 2. The molecule has 5 nitrogen and oxygen atoms in total. The van der Waals surface area contributed by atoms with Crippen LogP contribution in [0, 0.1) is 0 Å². The molecule has 0 aromatic heterocycles. The van der Waals surface area contributed by atoms with Crippen molar-refractivity contribution in [3.63, 3.8) is 0 Å². The second kappa shape index (κ2) is 10.9. The molecule has 2 aliphatic rings. The zero-order valence-corrected chi connectivity index (χ0v) is 18.4. The van der Waals surface area contributed by atoms with Crippen molar-refractivity contribution in [3.8, 4) is 11.5 Å². The minimum atomic E-state index is 0. The zero-order chi connectivity index (χ0) is 19.2. The lowest BCUT2D eigenvalue weighted by molar-refractivity contribution is -0.140. The monoisotopic (exact) mass is 410 g/mol. The number of nitrogens with zero attached hydrogens (tertiary/aromatic N) is 2. The van der Waals surface area contributed by atoms with Gasteiger partial charge in [-0.25, -0.2) is 0 Å². The molecule has 0 N–H and O–H groups in total. The number of hydrogen-bond donors (Lipinski definition) is 0. The normalized spacial score (nSPS) is 18.9. The third-order valence-corrected chi connectivity index (χ3v) is 5.94. The van der Waals surface area contributed by atoms with Crippen molar-refractivity contribution < 1.29 is 14.3 Å². The predicted octanol–water partition coefficient (Wildman–Crippen LogP) is 4.23. The smallest absolute Gasteiger partial charge is 0.237 e. The quantitative estimate of drug-likeness (QED) is 0.571. The van der Waals surface area contributed by atoms with Crippen LogP contribution >= 0.6 is 12.4 Å². The van der Waals surface area contributed by atoms with Gasteiger partial charge in [0, 0.05) is 13.1 Å². The molecule has 28 heavy (non-hydrogen) atoms. The van der Waals surface area contributed by atoms with E-state index < -0.39 is 0 Å². The molecule has 1 aromatic rings. The lowest BCUT2D eigenvalue weighted by Crippen LogP contribution is -2.54. The molecule has 3 rings (SSSR count). The molecule has 1 unspecified atom stereocenters. The standard InChI is InChI=1S/C22H34N2O3.ClH/c1-4-5-6-7-8-9-11-23-15-19-18-14-21(27-3)20(26-2)13-17(18)10-12-24(19)22(25)16-23;/h13-14,19H,4-12,15-16H2,1-3H3;1H. The summed E-state index contributed by atoms with van der Waals surface area (Å²) in [7, 11) is 3.34. The molecule has 1 aromatic carbocycles. The fraction of sp³-hybridized carbons (Fsp3) is 0.682. The molecule has 0 bridgehead atoms. The van der Waals surface area contributed by atoms with E-state index in [0.717, 1.165) is 37.6 Å². The van der Waals surface area contributed by atoms with E-state index in [4.69, 9.17) is 9.47 Å². The first-order valence-electron chi connectivity index (χ1n) is 10.4. The lowest BCUT2D eigenvalue weighted by Gasteiger charge is -2.44. The Labute approximate surface area is 175 Å². The number of hydrogen-bond acceptors (Lipinski definition) is 4. The van der Waals surface area contributed by atoms with Crippen LogP contribution in [0.2, 0.25) is 0 Å². The molecule has 0 spiro atoms. The van der Waals surface area contributed by atoms with Crippen molar-refractivity contribution in [2.24, 2.45) is 0 Å². The summed E-state index contributed by atoms with van der Waals surface area (Å²) in [4.78, 5) is 17.1. The number of benzene rings is 1. The van der Waals surface area contributed by atoms with E-state index in [-0.39, 0.29) is 24.4 Å². The maximum absolute atomic E-state index is 12.7. The topological polar surface area (TPSA) is 42.0 Å².